The Morgan fingerprint density at radius 3 is 2.56 bits per heavy atom. The number of carbonyl (C=O) groups excluding carboxylic acids is 1. The van der Waals surface area contributed by atoms with Crippen molar-refractivity contribution in [2.24, 2.45) is 11.8 Å². The third kappa shape index (κ3) is 7.63. The molecule has 11 nitrogen and oxygen atoms in total. The zero-order chi connectivity index (χ0) is 30.6. The number of aliphatic hydroxyl groups excluding tert-OH is 1. The van der Waals surface area contributed by atoms with Crippen LogP contribution in [0.1, 0.15) is 31.7 Å². The van der Waals surface area contributed by atoms with E-state index in [4.69, 9.17) is 14.2 Å². The monoisotopic (exact) mass is 612 g/mol. The number of aliphatic hydroxyl groups is 1. The summed E-state index contributed by atoms with van der Waals surface area (Å²) in [6.07, 6.45) is -0.0145. The minimum absolute atomic E-state index is 0.0105. The highest BCUT2D eigenvalue weighted by atomic mass is 32.2. The molecule has 3 N–H and O–H groups in total. The topological polar surface area (TPSA) is 143 Å². The third-order valence-electron chi connectivity index (χ3n) is 7.78. The Kier molecular flexibility index (Phi) is 9.82. The zero-order valence-electron chi connectivity index (χ0n) is 24.7. The van der Waals surface area contributed by atoms with Gasteiger partial charge in [-0.15, -0.1) is 0 Å². The van der Waals surface area contributed by atoms with Crippen LogP contribution in [0.25, 0.3) is 11.3 Å². The molecule has 0 bridgehead atoms. The molecule has 43 heavy (non-hydrogen) atoms. The minimum atomic E-state index is -3.98. The first-order valence-electron chi connectivity index (χ1n) is 14.6. The largest absolute Gasteiger partial charge is 0.443 e. The Labute approximate surface area is 252 Å². The molecule has 5 atom stereocenters. The number of rotatable bonds is 12. The number of carbonyl (C=O) groups is 1. The van der Waals surface area contributed by atoms with Crippen molar-refractivity contribution < 1.29 is 32.5 Å². The molecule has 2 aromatic carbocycles. The molecule has 0 saturated carbocycles. The molecule has 12 heteroatoms. The lowest BCUT2D eigenvalue weighted by molar-refractivity contribution is -0.0907. The van der Waals surface area contributed by atoms with Gasteiger partial charge in [0.1, 0.15) is 11.9 Å². The summed E-state index contributed by atoms with van der Waals surface area (Å²) >= 11 is 0. The maximum absolute atomic E-state index is 13.9. The van der Waals surface area contributed by atoms with E-state index in [0.717, 1.165) is 29.1 Å². The summed E-state index contributed by atoms with van der Waals surface area (Å²) in [5, 5.41) is 14.3. The average Bonchev–Trinajstić information content (AvgIpc) is 3.72. The Morgan fingerprint density at radius 2 is 1.88 bits per heavy atom. The van der Waals surface area contributed by atoms with E-state index in [1.807, 2.05) is 51.1 Å². The fraction of sp³-hybridized carbons (Fsp3) is 0.484. The van der Waals surface area contributed by atoms with Crippen molar-refractivity contribution in [2.45, 2.75) is 63.0 Å². The zero-order valence-corrected chi connectivity index (χ0v) is 25.5. The second-order valence-electron chi connectivity index (χ2n) is 11.6. The summed E-state index contributed by atoms with van der Waals surface area (Å²) in [6.45, 7) is 6.45. The average molecular weight is 613 g/mol. The normalized spacial score (nSPS) is 21.6. The second-order valence-corrected chi connectivity index (χ2v) is 13.5. The van der Waals surface area contributed by atoms with Gasteiger partial charge in [0, 0.05) is 13.1 Å². The highest BCUT2D eigenvalue weighted by Crippen LogP contribution is 2.33. The van der Waals surface area contributed by atoms with Crippen molar-refractivity contribution in [3.05, 3.63) is 72.2 Å². The Hall–Kier alpha value is -3.29. The molecule has 232 valence electrons. The van der Waals surface area contributed by atoms with Crippen LogP contribution < -0.4 is 5.32 Å². The van der Waals surface area contributed by atoms with Crippen LogP contribution in [0.4, 0.5) is 4.79 Å². The molecule has 3 aromatic rings. The van der Waals surface area contributed by atoms with E-state index in [2.05, 4.69) is 15.3 Å². The first-order valence-corrected chi connectivity index (χ1v) is 16.1. The van der Waals surface area contributed by atoms with E-state index in [-0.39, 0.29) is 49.1 Å². The number of alkyl carbamates (subject to hydrolysis) is 1. The number of H-pyrrole nitrogens is 1. The Balaban J connectivity index is 1.32. The number of aromatic nitrogens is 2. The fourth-order valence-corrected chi connectivity index (χ4v) is 7.18. The highest BCUT2D eigenvalue weighted by Gasteiger charge is 2.44. The Morgan fingerprint density at radius 1 is 1.14 bits per heavy atom. The second kappa shape index (κ2) is 13.6. The van der Waals surface area contributed by atoms with Crippen LogP contribution in [0.2, 0.25) is 0 Å². The number of sulfonamides is 1. The lowest BCUT2D eigenvalue weighted by atomic mass is 10.0. The van der Waals surface area contributed by atoms with E-state index >= 15 is 0 Å². The highest BCUT2D eigenvalue weighted by molar-refractivity contribution is 7.89. The summed E-state index contributed by atoms with van der Waals surface area (Å²) in [7, 11) is -3.98. The molecule has 3 unspecified atom stereocenters. The van der Waals surface area contributed by atoms with E-state index in [1.54, 1.807) is 30.5 Å². The first-order chi connectivity index (χ1) is 20.6. The summed E-state index contributed by atoms with van der Waals surface area (Å²) in [4.78, 5) is 20.5. The van der Waals surface area contributed by atoms with Gasteiger partial charge in [-0.05, 0) is 48.9 Å². The number of aryl methyl sites for hydroxylation is 1. The molecule has 1 amide bonds. The number of hydrogen-bond donors (Lipinski definition) is 3. The van der Waals surface area contributed by atoms with Crippen LogP contribution in [0.5, 0.6) is 0 Å². The number of aromatic amines is 1. The molecule has 2 aliphatic heterocycles. The van der Waals surface area contributed by atoms with Crippen LogP contribution >= 0.6 is 0 Å². The maximum Gasteiger partial charge on any atom is 0.407 e. The summed E-state index contributed by atoms with van der Waals surface area (Å²) < 4.78 is 45.8. The van der Waals surface area contributed by atoms with E-state index in [9.17, 15) is 18.3 Å². The molecule has 0 aliphatic carbocycles. The van der Waals surface area contributed by atoms with Crippen molar-refractivity contribution in [3.63, 3.8) is 0 Å². The molecule has 3 heterocycles. The molecule has 2 fully saturated rings. The van der Waals surface area contributed by atoms with E-state index < -0.39 is 34.4 Å². The minimum Gasteiger partial charge on any atom is -0.443 e. The molecule has 2 aliphatic rings. The van der Waals surface area contributed by atoms with Gasteiger partial charge in [0.15, 0.2) is 6.29 Å². The first kappa shape index (κ1) is 31.1. The SMILES string of the molecule is Cc1ncc(-c2ccc(S(=O)(=O)N(CC(C)C)C[C@@H](O)[C@H](Cc3ccccc3)NC(=O)OC3COC4OCCC34)cc2)[nH]1. The lowest BCUT2D eigenvalue weighted by Crippen LogP contribution is -2.51. The standard InChI is InChI=1S/C31H40N4O7S/c1-20(2)17-35(43(38,39)24-11-9-23(10-12-24)27-16-32-21(3)33-27)18-28(36)26(15-22-7-5-4-6-8-22)34-31(37)42-29-19-41-30-25(29)13-14-40-30/h4-12,16,20,25-26,28-30,36H,13-15,17-19H2,1-3H3,(H,32,33)(H,34,37)/t25?,26-,28+,29?,30?/m0/s1. The quantitative estimate of drug-likeness (QED) is 0.282. The molecule has 5 rings (SSSR count). The van der Waals surface area contributed by atoms with Crippen molar-refractivity contribution in [1.29, 1.82) is 0 Å². The molecule has 1 aromatic heterocycles. The molecule has 0 radical (unpaired) electrons. The van der Waals surface area contributed by atoms with Gasteiger partial charge in [-0.1, -0.05) is 56.3 Å². The predicted molar refractivity (Wildman–Crippen MR) is 160 cm³/mol. The number of hydrogen-bond acceptors (Lipinski definition) is 8. The van der Waals surface area contributed by atoms with E-state index in [0.29, 0.717) is 6.61 Å². The van der Waals surface area contributed by atoms with Crippen LogP contribution in [-0.2, 0) is 30.7 Å². The number of imidazole rings is 1. The van der Waals surface area contributed by atoms with Gasteiger partial charge in [-0.25, -0.2) is 18.2 Å². The van der Waals surface area contributed by atoms with Crippen molar-refractivity contribution in [3.8, 4) is 11.3 Å². The van der Waals surface area contributed by atoms with Crippen LogP contribution in [0.3, 0.4) is 0 Å². The predicted octanol–water partition coefficient (Wildman–Crippen LogP) is 3.49. The summed E-state index contributed by atoms with van der Waals surface area (Å²) in [6, 6.07) is 15.2. The van der Waals surface area contributed by atoms with Gasteiger partial charge >= 0.3 is 6.09 Å². The van der Waals surface area contributed by atoms with Crippen molar-refractivity contribution in [1.82, 2.24) is 19.6 Å². The summed E-state index contributed by atoms with van der Waals surface area (Å²) in [5.74, 6) is 0.724. The number of nitrogens with one attached hydrogen (secondary N) is 2. The van der Waals surface area contributed by atoms with Crippen LogP contribution in [0, 0.1) is 18.8 Å². The van der Waals surface area contributed by atoms with Gasteiger partial charge in [0.2, 0.25) is 10.0 Å². The van der Waals surface area contributed by atoms with Gasteiger partial charge in [-0.2, -0.15) is 4.31 Å². The van der Waals surface area contributed by atoms with Gasteiger partial charge < -0.3 is 29.6 Å². The molecule has 0 spiro atoms. The molecular weight excluding hydrogens is 572 g/mol. The summed E-state index contributed by atoms with van der Waals surface area (Å²) in [5.41, 5.74) is 2.48. The lowest BCUT2D eigenvalue weighted by Gasteiger charge is -2.31. The number of amides is 1. The molecular formula is C31H40N4O7S. The van der Waals surface area contributed by atoms with Crippen molar-refractivity contribution >= 4 is 16.1 Å². The molecule has 2 saturated heterocycles. The van der Waals surface area contributed by atoms with E-state index in [1.165, 1.54) is 4.31 Å². The Bertz CT molecular complexity index is 1460. The number of ether oxygens (including phenoxy) is 3. The number of nitrogens with zero attached hydrogens (tertiary/aromatic N) is 2. The van der Waals surface area contributed by atoms with Crippen molar-refractivity contribution in [2.75, 3.05) is 26.3 Å². The smallest absolute Gasteiger partial charge is 0.407 e. The number of fused-ring (bicyclic) bond motifs is 1. The third-order valence-corrected chi connectivity index (χ3v) is 9.62. The fourth-order valence-electron chi connectivity index (χ4n) is 5.56. The number of benzene rings is 2. The van der Waals surface area contributed by atoms with Crippen LogP contribution in [-0.4, -0.2) is 84.7 Å². The van der Waals surface area contributed by atoms with Gasteiger partial charge in [0.05, 0.1) is 48.1 Å². The maximum atomic E-state index is 13.9. The van der Waals surface area contributed by atoms with Crippen LogP contribution in [0.15, 0.2) is 65.7 Å². The van der Waals surface area contributed by atoms with Gasteiger partial charge in [0.25, 0.3) is 0 Å². The van der Waals surface area contributed by atoms with Gasteiger partial charge in [-0.3, -0.25) is 0 Å².